The lowest BCUT2D eigenvalue weighted by Gasteiger charge is -2.03. The Morgan fingerprint density at radius 3 is 2.65 bits per heavy atom. The van der Waals surface area contributed by atoms with Gasteiger partial charge in [0.2, 0.25) is 5.16 Å². The van der Waals surface area contributed by atoms with Crippen LogP contribution >= 0.6 is 46.6 Å². The second-order valence-corrected chi connectivity index (χ2v) is 7.27. The molecular weight excluding hydrogens is 415 g/mol. The predicted molar refractivity (Wildman–Crippen MR) is 109 cm³/mol. The van der Waals surface area contributed by atoms with Gasteiger partial charge in [-0.05, 0) is 23.8 Å². The zero-order valence-electron chi connectivity index (χ0n) is 13.2. The van der Waals surface area contributed by atoms with E-state index >= 15 is 0 Å². The molecular formula is C16H13Cl3N6S. The van der Waals surface area contributed by atoms with Crippen molar-refractivity contribution in [3.05, 3.63) is 68.7 Å². The third-order valence-corrected chi connectivity index (χ3v) is 5.40. The summed E-state index contributed by atoms with van der Waals surface area (Å²) in [5, 5.41) is 14.2. The van der Waals surface area contributed by atoms with Gasteiger partial charge in [0.05, 0.1) is 16.3 Å². The van der Waals surface area contributed by atoms with Crippen LogP contribution in [0.15, 0.2) is 52.7 Å². The van der Waals surface area contributed by atoms with E-state index in [4.69, 9.17) is 40.6 Å². The van der Waals surface area contributed by atoms with Gasteiger partial charge in [-0.25, -0.2) is 10.1 Å². The van der Waals surface area contributed by atoms with Gasteiger partial charge in [0.1, 0.15) is 0 Å². The van der Waals surface area contributed by atoms with Gasteiger partial charge in [0.15, 0.2) is 0 Å². The zero-order chi connectivity index (χ0) is 18.5. The molecule has 10 heteroatoms. The second kappa shape index (κ2) is 8.64. The Labute approximate surface area is 169 Å². The minimum absolute atomic E-state index is 0.304. The molecule has 0 spiro atoms. The highest BCUT2D eigenvalue weighted by atomic mass is 35.5. The van der Waals surface area contributed by atoms with Crippen molar-refractivity contribution in [2.45, 2.75) is 10.9 Å². The summed E-state index contributed by atoms with van der Waals surface area (Å²) in [5.41, 5.74) is 4.51. The van der Waals surface area contributed by atoms with E-state index in [1.807, 2.05) is 24.3 Å². The van der Waals surface area contributed by atoms with Gasteiger partial charge < -0.3 is 5.84 Å². The molecule has 0 fully saturated rings. The first kappa shape index (κ1) is 18.8. The van der Waals surface area contributed by atoms with Crippen molar-refractivity contribution in [1.29, 1.82) is 0 Å². The number of aromatic nitrogens is 3. The number of hydrazone groups is 1. The van der Waals surface area contributed by atoms with Crippen LogP contribution < -0.4 is 11.3 Å². The average molecular weight is 428 g/mol. The molecule has 0 aliphatic carbocycles. The van der Waals surface area contributed by atoms with Crippen LogP contribution in [0.1, 0.15) is 11.1 Å². The molecule has 0 saturated heterocycles. The Morgan fingerprint density at radius 2 is 1.88 bits per heavy atom. The third-order valence-electron chi connectivity index (χ3n) is 3.30. The Hall–Kier alpha value is -1.93. The molecule has 3 aromatic rings. The van der Waals surface area contributed by atoms with Crippen LogP contribution in [0.4, 0.5) is 5.95 Å². The van der Waals surface area contributed by atoms with E-state index in [0.29, 0.717) is 37.5 Å². The quantitative estimate of drug-likeness (QED) is 0.258. The maximum absolute atomic E-state index is 6.10. The highest BCUT2D eigenvalue weighted by Gasteiger charge is 2.10. The van der Waals surface area contributed by atoms with Gasteiger partial charge in [0, 0.05) is 16.3 Å². The molecule has 0 aliphatic rings. The fraction of sp³-hybridized carbons (Fsp3) is 0.0625. The lowest BCUT2D eigenvalue weighted by atomic mass is 10.2. The SMILES string of the molecule is Nn1c(N/N=C/c2cccc(Cl)c2Cl)nnc1SCc1ccc(Cl)cc1. The summed E-state index contributed by atoms with van der Waals surface area (Å²) < 4.78 is 1.33. The number of nitrogen functional groups attached to an aromatic ring is 1. The minimum Gasteiger partial charge on any atom is -0.334 e. The first-order valence-corrected chi connectivity index (χ1v) is 9.47. The molecule has 0 atom stereocenters. The van der Waals surface area contributed by atoms with Gasteiger partial charge >= 0.3 is 0 Å². The molecule has 0 bridgehead atoms. The topological polar surface area (TPSA) is 81.1 Å². The maximum Gasteiger partial charge on any atom is 0.264 e. The predicted octanol–water partition coefficient (Wildman–Crippen LogP) is 4.69. The first-order chi connectivity index (χ1) is 12.5. The molecule has 1 heterocycles. The molecule has 6 nitrogen and oxygen atoms in total. The van der Waals surface area contributed by atoms with Gasteiger partial charge in [-0.3, -0.25) is 0 Å². The molecule has 0 amide bonds. The van der Waals surface area contributed by atoms with E-state index in [1.165, 1.54) is 22.7 Å². The smallest absolute Gasteiger partial charge is 0.264 e. The molecule has 0 unspecified atom stereocenters. The highest BCUT2D eigenvalue weighted by Crippen LogP contribution is 2.25. The highest BCUT2D eigenvalue weighted by molar-refractivity contribution is 7.98. The summed E-state index contributed by atoms with van der Waals surface area (Å²) >= 11 is 19.4. The van der Waals surface area contributed by atoms with Crippen molar-refractivity contribution in [3.63, 3.8) is 0 Å². The second-order valence-electron chi connectivity index (χ2n) is 5.10. The van der Waals surface area contributed by atoms with Crippen LogP contribution in [0.25, 0.3) is 0 Å². The largest absolute Gasteiger partial charge is 0.334 e. The fourth-order valence-corrected chi connectivity index (χ4v) is 3.25. The van der Waals surface area contributed by atoms with Gasteiger partial charge in [-0.1, -0.05) is 70.8 Å². The maximum atomic E-state index is 6.10. The Bertz CT molecular complexity index is 926. The number of halogens is 3. The van der Waals surface area contributed by atoms with Crippen molar-refractivity contribution in [2.75, 3.05) is 11.3 Å². The van der Waals surface area contributed by atoms with Gasteiger partial charge in [0.25, 0.3) is 5.95 Å². The number of hydrogen-bond acceptors (Lipinski definition) is 6. The molecule has 1 aromatic heterocycles. The number of thioether (sulfide) groups is 1. The van der Waals surface area contributed by atoms with Crippen molar-refractivity contribution in [3.8, 4) is 0 Å². The zero-order valence-corrected chi connectivity index (χ0v) is 16.3. The van der Waals surface area contributed by atoms with Gasteiger partial charge in [-0.2, -0.15) is 5.10 Å². The molecule has 0 saturated carbocycles. The third kappa shape index (κ3) is 4.62. The van der Waals surface area contributed by atoms with E-state index in [2.05, 4.69) is 20.7 Å². The van der Waals surface area contributed by atoms with Crippen molar-refractivity contribution >= 4 is 58.7 Å². The summed E-state index contributed by atoms with van der Waals surface area (Å²) in [4.78, 5) is 0. The normalized spacial score (nSPS) is 11.2. The van der Waals surface area contributed by atoms with Crippen LogP contribution in [0.5, 0.6) is 0 Å². The average Bonchev–Trinajstić information content (AvgIpc) is 2.98. The molecule has 134 valence electrons. The lowest BCUT2D eigenvalue weighted by Crippen LogP contribution is -2.13. The molecule has 2 aromatic carbocycles. The number of hydrogen-bond donors (Lipinski definition) is 2. The minimum atomic E-state index is 0.304. The number of nitrogens with two attached hydrogens (primary N) is 1. The van der Waals surface area contributed by atoms with E-state index in [1.54, 1.807) is 18.2 Å². The van der Waals surface area contributed by atoms with E-state index in [-0.39, 0.29) is 0 Å². The Morgan fingerprint density at radius 1 is 1.12 bits per heavy atom. The van der Waals surface area contributed by atoms with E-state index in [9.17, 15) is 0 Å². The summed E-state index contributed by atoms with van der Waals surface area (Å²) in [6.45, 7) is 0. The number of nitrogens with one attached hydrogen (secondary N) is 1. The monoisotopic (exact) mass is 426 g/mol. The summed E-state index contributed by atoms with van der Waals surface area (Å²) in [5.74, 6) is 6.98. The van der Waals surface area contributed by atoms with Crippen LogP contribution in [-0.4, -0.2) is 21.1 Å². The van der Waals surface area contributed by atoms with Crippen molar-refractivity contribution in [1.82, 2.24) is 14.9 Å². The number of nitrogens with zero attached hydrogens (tertiary/aromatic N) is 4. The standard InChI is InChI=1S/C16H13Cl3N6S/c17-12-6-4-10(5-7-12)9-26-16-24-23-15(25(16)20)22-21-8-11-2-1-3-13(18)14(11)19/h1-8H,9,20H2,(H,22,23)/b21-8+. The van der Waals surface area contributed by atoms with E-state index < -0.39 is 0 Å². The van der Waals surface area contributed by atoms with Crippen LogP contribution in [0.2, 0.25) is 15.1 Å². The lowest BCUT2D eigenvalue weighted by molar-refractivity contribution is 0.847. The van der Waals surface area contributed by atoms with Gasteiger partial charge in [-0.15, -0.1) is 10.2 Å². The van der Waals surface area contributed by atoms with Crippen LogP contribution in [-0.2, 0) is 5.75 Å². The summed E-state index contributed by atoms with van der Waals surface area (Å²) in [7, 11) is 0. The van der Waals surface area contributed by atoms with Crippen LogP contribution in [0.3, 0.4) is 0 Å². The van der Waals surface area contributed by atoms with Crippen molar-refractivity contribution < 1.29 is 0 Å². The molecule has 0 radical (unpaired) electrons. The number of anilines is 1. The Kier molecular flexibility index (Phi) is 6.26. The first-order valence-electron chi connectivity index (χ1n) is 7.35. The fourth-order valence-electron chi connectivity index (χ4n) is 1.96. The number of rotatable bonds is 6. The van der Waals surface area contributed by atoms with E-state index in [0.717, 1.165) is 5.56 Å². The molecule has 3 N–H and O–H groups in total. The molecule has 0 aliphatic heterocycles. The summed E-state index contributed by atoms with van der Waals surface area (Å²) in [6.07, 6.45) is 1.53. The molecule has 26 heavy (non-hydrogen) atoms. The van der Waals surface area contributed by atoms with Crippen LogP contribution in [0, 0.1) is 0 Å². The Balaban J connectivity index is 1.62. The molecule has 3 rings (SSSR count). The van der Waals surface area contributed by atoms with Crippen molar-refractivity contribution in [2.24, 2.45) is 5.10 Å². The number of benzene rings is 2. The summed E-state index contributed by atoms with van der Waals surface area (Å²) in [6, 6.07) is 12.9.